The van der Waals surface area contributed by atoms with Gasteiger partial charge in [0.25, 0.3) is 0 Å². The highest BCUT2D eigenvalue weighted by Crippen LogP contribution is 2.21. The molecule has 5 heteroatoms. The van der Waals surface area contributed by atoms with Crippen LogP contribution in [0.4, 0.5) is 0 Å². The Labute approximate surface area is 99.6 Å². The molecule has 1 rings (SSSR count). The van der Waals surface area contributed by atoms with Crippen LogP contribution in [-0.4, -0.2) is 16.9 Å². The second kappa shape index (κ2) is 5.23. The van der Waals surface area contributed by atoms with Gasteiger partial charge in [0, 0.05) is 11.6 Å². The zero-order valence-electron chi connectivity index (χ0n) is 9.56. The van der Waals surface area contributed by atoms with E-state index in [0.29, 0.717) is 6.42 Å². The first kappa shape index (κ1) is 12.9. The third kappa shape index (κ3) is 3.15. The zero-order valence-corrected chi connectivity index (χ0v) is 10.4. The molecular formula is C11H17N3OS. The quantitative estimate of drug-likeness (QED) is 0.763. The van der Waals surface area contributed by atoms with Gasteiger partial charge in [-0.15, -0.1) is 17.9 Å². The molecule has 0 radical (unpaired) electrons. The molecule has 1 atom stereocenters. The van der Waals surface area contributed by atoms with Crippen LogP contribution in [0.5, 0.6) is 0 Å². The van der Waals surface area contributed by atoms with Crippen molar-refractivity contribution in [1.82, 2.24) is 10.3 Å². The van der Waals surface area contributed by atoms with Crippen LogP contribution in [0, 0.1) is 0 Å². The molecule has 1 aromatic heterocycles. The van der Waals surface area contributed by atoms with Crippen LogP contribution in [-0.2, 0) is 10.3 Å². The maximum atomic E-state index is 11.7. The molecule has 1 heterocycles. The Bertz CT molecular complexity index is 359. The fourth-order valence-electron chi connectivity index (χ4n) is 1.27. The Morgan fingerprint density at radius 2 is 2.50 bits per heavy atom. The Balaban J connectivity index is 2.66. The normalized spacial score (nSPS) is 13.2. The first-order chi connectivity index (χ1) is 7.47. The highest BCUT2D eigenvalue weighted by Gasteiger charge is 2.27. The molecule has 0 aliphatic carbocycles. The van der Waals surface area contributed by atoms with E-state index in [1.807, 2.05) is 19.2 Å². The lowest BCUT2D eigenvalue weighted by Crippen LogP contribution is -2.48. The van der Waals surface area contributed by atoms with Gasteiger partial charge in [-0.2, -0.15) is 0 Å². The van der Waals surface area contributed by atoms with Gasteiger partial charge in [-0.1, -0.05) is 6.08 Å². The summed E-state index contributed by atoms with van der Waals surface area (Å²) < 4.78 is 0. The van der Waals surface area contributed by atoms with Crippen LogP contribution in [0.1, 0.15) is 25.3 Å². The van der Waals surface area contributed by atoms with Gasteiger partial charge in [-0.05, 0) is 20.3 Å². The number of carbonyl (C=O) groups is 1. The zero-order chi connectivity index (χ0) is 12.2. The predicted molar refractivity (Wildman–Crippen MR) is 66.1 cm³/mol. The number of hydrogen-bond donors (Lipinski definition) is 2. The third-order valence-corrected chi connectivity index (χ3v) is 3.26. The van der Waals surface area contributed by atoms with Crippen LogP contribution in [0.25, 0.3) is 0 Å². The predicted octanol–water partition coefficient (Wildman–Crippen LogP) is 1.40. The molecule has 0 aliphatic heterocycles. The number of carbonyl (C=O) groups excluding carboxylic acids is 1. The van der Waals surface area contributed by atoms with Crippen molar-refractivity contribution in [2.24, 2.45) is 5.73 Å². The van der Waals surface area contributed by atoms with Gasteiger partial charge in [0.1, 0.15) is 5.01 Å². The summed E-state index contributed by atoms with van der Waals surface area (Å²) in [5.41, 5.74) is 5.21. The summed E-state index contributed by atoms with van der Waals surface area (Å²) in [7, 11) is 0. The molecule has 0 aromatic carbocycles. The molecule has 1 unspecified atom stereocenters. The van der Waals surface area contributed by atoms with Crippen molar-refractivity contribution in [3.63, 3.8) is 0 Å². The van der Waals surface area contributed by atoms with Crippen molar-refractivity contribution in [2.75, 3.05) is 0 Å². The summed E-state index contributed by atoms with van der Waals surface area (Å²) in [6, 6.07) is -0.545. The fourth-order valence-corrected chi connectivity index (χ4v) is 1.99. The first-order valence-electron chi connectivity index (χ1n) is 5.06. The van der Waals surface area contributed by atoms with Gasteiger partial charge in [0.05, 0.1) is 11.6 Å². The topological polar surface area (TPSA) is 68.0 Å². The van der Waals surface area contributed by atoms with Gasteiger partial charge in [-0.25, -0.2) is 4.98 Å². The molecule has 0 fully saturated rings. The van der Waals surface area contributed by atoms with E-state index in [9.17, 15) is 4.79 Å². The minimum Gasteiger partial charge on any atom is -0.343 e. The van der Waals surface area contributed by atoms with Crippen molar-refractivity contribution in [1.29, 1.82) is 0 Å². The second-order valence-electron chi connectivity index (χ2n) is 4.08. The van der Waals surface area contributed by atoms with Gasteiger partial charge >= 0.3 is 0 Å². The third-order valence-electron chi connectivity index (χ3n) is 2.16. The van der Waals surface area contributed by atoms with Gasteiger partial charge in [0.15, 0.2) is 0 Å². The van der Waals surface area contributed by atoms with Crippen molar-refractivity contribution in [2.45, 2.75) is 31.8 Å². The molecule has 0 bridgehead atoms. The van der Waals surface area contributed by atoms with E-state index in [1.165, 1.54) is 11.3 Å². The number of nitrogens with one attached hydrogen (secondary N) is 1. The standard InChI is InChI=1S/C11H17N3OS/c1-4-5-8(12)9(15)14-11(2,3)10-13-6-7-16-10/h4,6-8H,1,5,12H2,2-3H3,(H,14,15). The van der Waals surface area contributed by atoms with Crippen LogP contribution >= 0.6 is 11.3 Å². The van der Waals surface area contributed by atoms with Crippen LogP contribution in [0.15, 0.2) is 24.2 Å². The summed E-state index contributed by atoms with van der Waals surface area (Å²) in [4.78, 5) is 15.9. The lowest BCUT2D eigenvalue weighted by atomic mass is 10.1. The highest BCUT2D eigenvalue weighted by atomic mass is 32.1. The molecule has 0 spiro atoms. The molecule has 4 nitrogen and oxygen atoms in total. The molecule has 1 aromatic rings. The number of nitrogens with two attached hydrogens (primary N) is 1. The van der Waals surface area contributed by atoms with E-state index >= 15 is 0 Å². The monoisotopic (exact) mass is 239 g/mol. The highest BCUT2D eigenvalue weighted by molar-refractivity contribution is 7.09. The maximum Gasteiger partial charge on any atom is 0.237 e. The molecule has 88 valence electrons. The van der Waals surface area contributed by atoms with E-state index < -0.39 is 11.6 Å². The van der Waals surface area contributed by atoms with Crippen molar-refractivity contribution >= 4 is 17.2 Å². The van der Waals surface area contributed by atoms with E-state index in [1.54, 1.807) is 12.3 Å². The second-order valence-corrected chi connectivity index (χ2v) is 4.98. The Morgan fingerprint density at radius 3 is 3.00 bits per heavy atom. The summed E-state index contributed by atoms with van der Waals surface area (Å²) in [5.74, 6) is -0.180. The molecule has 16 heavy (non-hydrogen) atoms. The number of hydrogen-bond acceptors (Lipinski definition) is 4. The lowest BCUT2D eigenvalue weighted by Gasteiger charge is -2.25. The Kier molecular flexibility index (Phi) is 4.20. The molecule has 0 saturated heterocycles. The van der Waals surface area contributed by atoms with Crippen molar-refractivity contribution in [3.8, 4) is 0 Å². The first-order valence-corrected chi connectivity index (χ1v) is 5.94. The van der Waals surface area contributed by atoms with Gasteiger partial charge < -0.3 is 11.1 Å². The number of nitrogens with zero attached hydrogens (tertiary/aromatic N) is 1. The minimum absolute atomic E-state index is 0.180. The van der Waals surface area contributed by atoms with Gasteiger partial charge in [0.2, 0.25) is 5.91 Å². The van der Waals surface area contributed by atoms with Crippen LogP contribution in [0.3, 0.4) is 0 Å². The number of thiazole rings is 1. The molecular weight excluding hydrogens is 222 g/mol. The number of rotatable bonds is 5. The van der Waals surface area contributed by atoms with E-state index in [-0.39, 0.29) is 5.91 Å². The minimum atomic E-state index is -0.545. The van der Waals surface area contributed by atoms with Gasteiger partial charge in [-0.3, -0.25) is 4.79 Å². The summed E-state index contributed by atoms with van der Waals surface area (Å²) >= 11 is 1.51. The SMILES string of the molecule is C=CCC(N)C(=O)NC(C)(C)c1nccs1. The average Bonchev–Trinajstić information content (AvgIpc) is 2.70. The molecule has 0 saturated carbocycles. The summed E-state index contributed by atoms with van der Waals surface area (Å²) in [6.07, 6.45) is 3.83. The lowest BCUT2D eigenvalue weighted by molar-refractivity contribution is -0.124. The fraction of sp³-hybridized carbons (Fsp3) is 0.455. The van der Waals surface area contributed by atoms with Crippen molar-refractivity contribution in [3.05, 3.63) is 29.2 Å². The van der Waals surface area contributed by atoms with Crippen LogP contribution < -0.4 is 11.1 Å². The van der Waals surface area contributed by atoms with E-state index in [2.05, 4.69) is 16.9 Å². The number of amides is 1. The smallest absolute Gasteiger partial charge is 0.237 e. The maximum absolute atomic E-state index is 11.7. The molecule has 3 N–H and O–H groups in total. The average molecular weight is 239 g/mol. The summed E-state index contributed by atoms with van der Waals surface area (Å²) in [5, 5.41) is 5.63. The van der Waals surface area contributed by atoms with Crippen LogP contribution in [0.2, 0.25) is 0 Å². The van der Waals surface area contributed by atoms with Crippen molar-refractivity contribution < 1.29 is 4.79 Å². The Hall–Kier alpha value is -1.20. The number of aromatic nitrogens is 1. The molecule has 1 amide bonds. The molecule has 0 aliphatic rings. The van der Waals surface area contributed by atoms with E-state index in [4.69, 9.17) is 5.73 Å². The Morgan fingerprint density at radius 1 is 1.81 bits per heavy atom. The summed E-state index contributed by atoms with van der Waals surface area (Å²) in [6.45, 7) is 7.37. The largest absolute Gasteiger partial charge is 0.343 e. The van der Waals surface area contributed by atoms with E-state index in [0.717, 1.165) is 5.01 Å².